The van der Waals surface area contributed by atoms with Crippen molar-refractivity contribution in [2.75, 3.05) is 0 Å². The van der Waals surface area contributed by atoms with Crippen LogP contribution in [0, 0.1) is 0 Å². The highest BCUT2D eigenvalue weighted by Crippen LogP contribution is 2.25. The zero-order valence-electron chi connectivity index (χ0n) is 8.64. The molecule has 3 aromatic rings. The number of nitrogens with zero attached hydrogens (tertiary/aromatic N) is 3. The van der Waals surface area contributed by atoms with Crippen molar-refractivity contribution in [3.8, 4) is 11.3 Å². The summed E-state index contributed by atoms with van der Waals surface area (Å²) in [6.45, 7) is 0. The molecule has 84 valence electrons. The van der Waals surface area contributed by atoms with Crippen molar-refractivity contribution in [3.63, 3.8) is 0 Å². The number of fused-ring (bicyclic) bond motifs is 1. The van der Waals surface area contributed by atoms with Crippen molar-refractivity contribution in [1.29, 1.82) is 0 Å². The van der Waals surface area contributed by atoms with Gasteiger partial charge in [-0.1, -0.05) is 23.2 Å². The average Bonchev–Trinajstić information content (AvgIpc) is 2.72. The van der Waals surface area contributed by atoms with Gasteiger partial charge in [-0.15, -0.1) is 0 Å². The molecule has 0 unspecified atom stereocenters. The number of hydrogen-bond acceptors (Lipinski definition) is 2. The molecule has 0 saturated carbocycles. The van der Waals surface area contributed by atoms with Gasteiger partial charge in [-0.3, -0.25) is 0 Å². The lowest BCUT2D eigenvalue weighted by Crippen LogP contribution is -1.81. The number of imidazole rings is 1. The first-order valence-corrected chi connectivity index (χ1v) is 5.75. The third-order valence-corrected chi connectivity index (χ3v) is 2.99. The summed E-state index contributed by atoms with van der Waals surface area (Å²) in [6, 6.07) is 7.33. The summed E-state index contributed by atoms with van der Waals surface area (Å²) in [5.74, 6) is 0. The van der Waals surface area contributed by atoms with Crippen molar-refractivity contribution in [3.05, 3.63) is 53.0 Å². The van der Waals surface area contributed by atoms with Crippen LogP contribution in [0.2, 0.25) is 10.2 Å². The molecule has 5 heteroatoms. The Morgan fingerprint density at radius 3 is 2.88 bits per heavy atom. The Bertz CT molecular complexity index is 691. The summed E-state index contributed by atoms with van der Waals surface area (Å²) in [7, 11) is 0. The van der Waals surface area contributed by atoms with Gasteiger partial charge >= 0.3 is 0 Å². The van der Waals surface area contributed by atoms with Crippen LogP contribution in [0.3, 0.4) is 0 Å². The minimum atomic E-state index is 0.446. The molecule has 0 fully saturated rings. The highest BCUT2D eigenvalue weighted by Gasteiger charge is 2.08. The molecular weight excluding hydrogens is 257 g/mol. The molecule has 0 aliphatic heterocycles. The number of halogens is 2. The number of aromatic nitrogens is 3. The molecule has 17 heavy (non-hydrogen) atoms. The predicted octanol–water partition coefficient (Wildman–Crippen LogP) is 3.70. The van der Waals surface area contributed by atoms with E-state index in [0.29, 0.717) is 10.2 Å². The van der Waals surface area contributed by atoms with E-state index in [1.54, 1.807) is 12.3 Å². The quantitative estimate of drug-likeness (QED) is 0.627. The molecule has 0 amide bonds. The smallest absolute Gasteiger partial charge is 0.138 e. The van der Waals surface area contributed by atoms with Gasteiger partial charge in [0.1, 0.15) is 10.8 Å². The first kappa shape index (κ1) is 10.6. The van der Waals surface area contributed by atoms with Gasteiger partial charge in [0.15, 0.2) is 0 Å². The molecular formula is C12H7Cl2N3. The third kappa shape index (κ3) is 1.88. The summed E-state index contributed by atoms with van der Waals surface area (Å²) in [5.41, 5.74) is 2.38. The Morgan fingerprint density at radius 2 is 2.06 bits per heavy atom. The second kappa shape index (κ2) is 4.02. The van der Waals surface area contributed by atoms with Gasteiger partial charge < -0.3 is 4.40 Å². The highest BCUT2D eigenvalue weighted by molar-refractivity contribution is 6.32. The van der Waals surface area contributed by atoms with Gasteiger partial charge in [-0.25, -0.2) is 9.97 Å². The molecule has 3 nitrogen and oxygen atoms in total. The van der Waals surface area contributed by atoms with E-state index in [1.165, 1.54) is 0 Å². The van der Waals surface area contributed by atoms with Crippen LogP contribution in [0.25, 0.3) is 16.9 Å². The Kier molecular flexibility index (Phi) is 2.50. The van der Waals surface area contributed by atoms with E-state index in [9.17, 15) is 0 Å². The fourth-order valence-corrected chi connectivity index (χ4v) is 2.03. The van der Waals surface area contributed by atoms with Crippen molar-refractivity contribution in [2.24, 2.45) is 0 Å². The van der Waals surface area contributed by atoms with Crippen molar-refractivity contribution >= 4 is 28.8 Å². The lowest BCUT2D eigenvalue weighted by atomic mass is 10.2. The molecule has 0 N–H and O–H groups in total. The Morgan fingerprint density at radius 1 is 1.18 bits per heavy atom. The summed E-state index contributed by atoms with van der Waals surface area (Å²) < 4.78 is 1.89. The molecule has 3 aromatic heterocycles. The highest BCUT2D eigenvalue weighted by atomic mass is 35.5. The minimum Gasteiger partial charge on any atom is -0.306 e. The zero-order chi connectivity index (χ0) is 11.8. The van der Waals surface area contributed by atoms with Crippen LogP contribution in [0.1, 0.15) is 0 Å². The van der Waals surface area contributed by atoms with Gasteiger partial charge in [0.25, 0.3) is 0 Å². The second-order valence-electron chi connectivity index (χ2n) is 3.58. The molecule has 0 saturated heterocycles. The SMILES string of the molecule is Clc1ccn2cc(-c3cccnc3Cl)nc2c1. The van der Waals surface area contributed by atoms with E-state index in [2.05, 4.69) is 9.97 Å². The Labute approximate surface area is 108 Å². The minimum absolute atomic E-state index is 0.446. The normalized spacial score (nSPS) is 10.9. The molecule has 0 bridgehead atoms. The lowest BCUT2D eigenvalue weighted by Gasteiger charge is -1.96. The fraction of sp³-hybridized carbons (Fsp3) is 0. The lowest BCUT2D eigenvalue weighted by molar-refractivity contribution is 1.19. The number of rotatable bonds is 1. The second-order valence-corrected chi connectivity index (χ2v) is 4.37. The van der Waals surface area contributed by atoms with Crippen molar-refractivity contribution in [1.82, 2.24) is 14.4 Å². The van der Waals surface area contributed by atoms with Gasteiger partial charge in [0.2, 0.25) is 0 Å². The van der Waals surface area contributed by atoms with Crippen LogP contribution in [0.4, 0.5) is 0 Å². The topological polar surface area (TPSA) is 30.2 Å². The zero-order valence-corrected chi connectivity index (χ0v) is 10.2. The number of pyridine rings is 2. The molecule has 0 atom stereocenters. The summed E-state index contributed by atoms with van der Waals surface area (Å²) in [5, 5.41) is 1.11. The van der Waals surface area contributed by atoms with E-state index in [-0.39, 0.29) is 0 Å². The largest absolute Gasteiger partial charge is 0.306 e. The molecule has 3 heterocycles. The molecule has 0 spiro atoms. The van der Waals surface area contributed by atoms with E-state index < -0.39 is 0 Å². The van der Waals surface area contributed by atoms with Crippen LogP contribution in [0.5, 0.6) is 0 Å². The predicted molar refractivity (Wildman–Crippen MR) is 68.4 cm³/mol. The monoisotopic (exact) mass is 263 g/mol. The van der Waals surface area contributed by atoms with Gasteiger partial charge in [0.05, 0.1) is 5.69 Å². The molecule has 0 aromatic carbocycles. The van der Waals surface area contributed by atoms with E-state index >= 15 is 0 Å². The maximum atomic E-state index is 6.03. The third-order valence-electron chi connectivity index (χ3n) is 2.46. The van der Waals surface area contributed by atoms with E-state index in [0.717, 1.165) is 16.9 Å². The van der Waals surface area contributed by atoms with E-state index in [4.69, 9.17) is 23.2 Å². The summed E-state index contributed by atoms with van der Waals surface area (Å²) >= 11 is 11.9. The van der Waals surface area contributed by atoms with Crippen molar-refractivity contribution in [2.45, 2.75) is 0 Å². The number of hydrogen-bond donors (Lipinski definition) is 0. The maximum absolute atomic E-state index is 6.03. The first-order valence-electron chi connectivity index (χ1n) is 4.99. The maximum Gasteiger partial charge on any atom is 0.138 e. The van der Waals surface area contributed by atoms with Crippen LogP contribution in [-0.2, 0) is 0 Å². The van der Waals surface area contributed by atoms with Crippen LogP contribution in [0.15, 0.2) is 42.9 Å². The molecule has 0 aliphatic rings. The average molecular weight is 264 g/mol. The van der Waals surface area contributed by atoms with Gasteiger partial charge in [-0.2, -0.15) is 0 Å². The molecule has 0 radical (unpaired) electrons. The first-order chi connectivity index (χ1) is 8.24. The van der Waals surface area contributed by atoms with Crippen LogP contribution >= 0.6 is 23.2 Å². The van der Waals surface area contributed by atoms with E-state index in [1.807, 2.05) is 35.0 Å². The molecule has 0 aliphatic carbocycles. The standard InChI is InChI=1S/C12H7Cl2N3/c13-8-3-5-17-7-10(16-11(17)6-8)9-2-1-4-15-12(9)14/h1-7H. The Hall–Kier alpha value is -1.58. The fourth-order valence-electron chi connectivity index (χ4n) is 1.66. The van der Waals surface area contributed by atoms with Gasteiger partial charge in [-0.05, 0) is 18.2 Å². The van der Waals surface area contributed by atoms with Gasteiger partial charge in [0, 0.05) is 35.2 Å². The Balaban J connectivity index is 2.22. The van der Waals surface area contributed by atoms with Crippen LogP contribution < -0.4 is 0 Å². The van der Waals surface area contributed by atoms with Crippen LogP contribution in [-0.4, -0.2) is 14.4 Å². The summed E-state index contributed by atoms with van der Waals surface area (Å²) in [4.78, 5) is 8.49. The van der Waals surface area contributed by atoms with Crippen molar-refractivity contribution < 1.29 is 0 Å². The summed E-state index contributed by atoms with van der Waals surface area (Å²) in [6.07, 6.45) is 5.41. The molecule has 3 rings (SSSR count).